The minimum Gasteiger partial charge on any atom is -0.477 e. The second kappa shape index (κ2) is 2.78. The first-order valence-corrected chi connectivity index (χ1v) is 2.61. The highest BCUT2D eigenvalue weighted by Crippen LogP contribution is 2.16. The minimum atomic E-state index is -0.790. The zero-order valence-electron chi connectivity index (χ0n) is 4.86. The standard InChI is InChI=1S/C6H9ClO/c1-4-6(3,7)8-5-2/h4-5H,1-2H2,3H3. The van der Waals surface area contributed by atoms with E-state index in [1.54, 1.807) is 6.92 Å². The molecule has 0 fully saturated rings. The fraction of sp³-hybridized carbons (Fsp3) is 0.333. The fourth-order valence-electron chi connectivity index (χ4n) is 0.211. The van der Waals surface area contributed by atoms with Crippen LogP contribution < -0.4 is 0 Å². The molecule has 0 aliphatic heterocycles. The molecular weight excluding hydrogens is 124 g/mol. The van der Waals surface area contributed by atoms with E-state index >= 15 is 0 Å². The molecule has 0 spiro atoms. The van der Waals surface area contributed by atoms with Crippen LogP contribution in [0.5, 0.6) is 0 Å². The lowest BCUT2D eigenvalue weighted by Crippen LogP contribution is -2.12. The molecular formula is C6H9ClO. The number of ether oxygens (including phenoxy) is 1. The lowest BCUT2D eigenvalue weighted by Gasteiger charge is -2.14. The van der Waals surface area contributed by atoms with Crippen molar-refractivity contribution in [3.05, 3.63) is 25.5 Å². The predicted octanol–water partition coefficient (Wildman–Crippen LogP) is 2.29. The van der Waals surface area contributed by atoms with E-state index in [1.807, 2.05) is 0 Å². The molecule has 0 radical (unpaired) electrons. The maximum absolute atomic E-state index is 5.61. The molecule has 46 valence electrons. The summed E-state index contributed by atoms with van der Waals surface area (Å²) in [6.45, 7) is 8.47. The predicted molar refractivity (Wildman–Crippen MR) is 35.7 cm³/mol. The number of hydrogen-bond donors (Lipinski definition) is 0. The minimum absolute atomic E-state index is 0.790. The highest BCUT2D eigenvalue weighted by atomic mass is 35.5. The van der Waals surface area contributed by atoms with Crippen molar-refractivity contribution < 1.29 is 4.74 Å². The molecule has 0 heterocycles. The van der Waals surface area contributed by atoms with Crippen molar-refractivity contribution in [3.8, 4) is 0 Å². The summed E-state index contributed by atoms with van der Waals surface area (Å²) in [5, 5.41) is -0.790. The van der Waals surface area contributed by atoms with Gasteiger partial charge < -0.3 is 4.74 Å². The molecule has 0 saturated heterocycles. The average molecular weight is 133 g/mol. The summed E-state index contributed by atoms with van der Waals surface area (Å²) >= 11 is 5.61. The Bertz CT molecular complexity index is 96.7. The van der Waals surface area contributed by atoms with Crippen LogP contribution in [0, 0.1) is 0 Å². The Morgan fingerprint density at radius 3 is 2.25 bits per heavy atom. The summed E-state index contributed by atoms with van der Waals surface area (Å²) in [6, 6.07) is 0. The second-order valence-corrected chi connectivity index (χ2v) is 2.23. The molecule has 0 aromatic carbocycles. The summed E-state index contributed by atoms with van der Waals surface area (Å²) in [5.41, 5.74) is 0. The first kappa shape index (κ1) is 7.57. The Labute approximate surface area is 54.6 Å². The highest BCUT2D eigenvalue weighted by Gasteiger charge is 2.13. The van der Waals surface area contributed by atoms with Crippen molar-refractivity contribution in [1.82, 2.24) is 0 Å². The van der Waals surface area contributed by atoms with Crippen LogP contribution in [0.1, 0.15) is 6.92 Å². The molecule has 0 amide bonds. The van der Waals surface area contributed by atoms with Crippen LogP contribution in [0.15, 0.2) is 25.5 Å². The van der Waals surface area contributed by atoms with E-state index in [4.69, 9.17) is 16.3 Å². The van der Waals surface area contributed by atoms with Crippen LogP contribution in [-0.4, -0.2) is 5.06 Å². The van der Waals surface area contributed by atoms with Gasteiger partial charge in [0.15, 0.2) is 5.06 Å². The van der Waals surface area contributed by atoms with Crippen molar-refractivity contribution in [2.45, 2.75) is 12.0 Å². The van der Waals surface area contributed by atoms with E-state index in [0.29, 0.717) is 0 Å². The summed E-state index contributed by atoms with van der Waals surface area (Å²) in [4.78, 5) is 0. The van der Waals surface area contributed by atoms with Gasteiger partial charge in [0.1, 0.15) is 0 Å². The second-order valence-electron chi connectivity index (χ2n) is 1.47. The SMILES string of the molecule is C=COC(C)(Cl)C=C. The molecule has 0 bridgehead atoms. The van der Waals surface area contributed by atoms with E-state index in [-0.39, 0.29) is 0 Å². The van der Waals surface area contributed by atoms with Gasteiger partial charge in [-0.3, -0.25) is 0 Å². The largest absolute Gasteiger partial charge is 0.477 e. The highest BCUT2D eigenvalue weighted by molar-refractivity contribution is 6.23. The van der Waals surface area contributed by atoms with Gasteiger partial charge in [0, 0.05) is 0 Å². The monoisotopic (exact) mass is 132 g/mol. The Hall–Kier alpha value is -0.430. The van der Waals surface area contributed by atoms with Gasteiger partial charge in [-0.15, -0.1) is 0 Å². The number of hydrogen-bond acceptors (Lipinski definition) is 1. The Morgan fingerprint density at radius 1 is 1.62 bits per heavy atom. The Kier molecular flexibility index (Phi) is 2.63. The van der Waals surface area contributed by atoms with Gasteiger partial charge in [0.2, 0.25) is 0 Å². The first-order chi connectivity index (χ1) is 3.62. The molecule has 1 atom stereocenters. The molecule has 0 aromatic heterocycles. The van der Waals surface area contributed by atoms with Crippen LogP contribution in [-0.2, 0) is 4.74 Å². The van der Waals surface area contributed by atoms with E-state index in [2.05, 4.69) is 13.2 Å². The van der Waals surface area contributed by atoms with Crippen LogP contribution in [0.2, 0.25) is 0 Å². The van der Waals surface area contributed by atoms with Gasteiger partial charge in [-0.05, 0) is 13.0 Å². The van der Waals surface area contributed by atoms with E-state index in [1.165, 1.54) is 12.3 Å². The van der Waals surface area contributed by atoms with E-state index in [0.717, 1.165) is 0 Å². The van der Waals surface area contributed by atoms with Gasteiger partial charge in [-0.1, -0.05) is 24.8 Å². The lowest BCUT2D eigenvalue weighted by atomic mass is 10.4. The maximum atomic E-state index is 5.61. The molecule has 0 aliphatic carbocycles. The molecule has 0 rings (SSSR count). The summed E-state index contributed by atoms with van der Waals surface area (Å²) in [7, 11) is 0. The first-order valence-electron chi connectivity index (χ1n) is 2.23. The molecule has 0 aromatic rings. The third-order valence-electron chi connectivity index (χ3n) is 0.678. The molecule has 1 nitrogen and oxygen atoms in total. The van der Waals surface area contributed by atoms with Crippen molar-refractivity contribution in [2.75, 3.05) is 0 Å². The average Bonchev–Trinajstić information content (AvgIpc) is 1.67. The zero-order valence-corrected chi connectivity index (χ0v) is 5.61. The van der Waals surface area contributed by atoms with Crippen molar-refractivity contribution in [3.63, 3.8) is 0 Å². The van der Waals surface area contributed by atoms with Crippen LogP contribution in [0.4, 0.5) is 0 Å². The summed E-state index contributed by atoms with van der Waals surface area (Å²) in [5.74, 6) is 0. The molecule has 0 aliphatic rings. The maximum Gasteiger partial charge on any atom is 0.197 e. The Balaban J connectivity index is 3.70. The Morgan fingerprint density at radius 2 is 2.12 bits per heavy atom. The number of halogens is 1. The summed E-state index contributed by atoms with van der Waals surface area (Å²) < 4.78 is 4.79. The van der Waals surface area contributed by atoms with Crippen LogP contribution in [0.25, 0.3) is 0 Å². The van der Waals surface area contributed by atoms with Crippen molar-refractivity contribution in [2.24, 2.45) is 0 Å². The van der Waals surface area contributed by atoms with Gasteiger partial charge >= 0.3 is 0 Å². The topological polar surface area (TPSA) is 9.23 Å². The van der Waals surface area contributed by atoms with Gasteiger partial charge in [0.25, 0.3) is 0 Å². The number of rotatable bonds is 3. The third kappa shape index (κ3) is 2.69. The van der Waals surface area contributed by atoms with Gasteiger partial charge in [0.05, 0.1) is 6.26 Å². The van der Waals surface area contributed by atoms with E-state index < -0.39 is 5.06 Å². The molecule has 0 N–H and O–H groups in total. The fourth-order valence-corrected chi connectivity index (χ4v) is 0.274. The lowest BCUT2D eigenvalue weighted by molar-refractivity contribution is 0.167. The third-order valence-corrected chi connectivity index (χ3v) is 0.922. The van der Waals surface area contributed by atoms with Gasteiger partial charge in [-0.2, -0.15) is 0 Å². The van der Waals surface area contributed by atoms with Crippen LogP contribution in [0.3, 0.4) is 0 Å². The quantitative estimate of drug-likeness (QED) is 0.325. The molecule has 8 heavy (non-hydrogen) atoms. The van der Waals surface area contributed by atoms with Crippen LogP contribution >= 0.6 is 11.6 Å². The molecule has 2 heteroatoms. The molecule has 1 unspecified atom stereocenters. The normalized spacial score (nSPS) is 16.2. The number of alkyl halides is 1. The van der Waals surface area contributed by atoms with E-state index in [9.17, 15) is 0 Å². The molecule has 0 saturated carbocycles. The van der Waals surface area contributed by atoms with Crippen molar-refractivity contribution in [1.29, 1.82) is 0 Å². The summed E-state index contributed by atoms with van der Waals surface area (Å²) in [6.07, 6.45) is 2.78. The smallest absolute Gasteiger partial charge is 0.197 e. The van der Waals surface area contributed by atoms with Gasteiger partial charge in [-0.25, -0.2) is 0 Å². The van der Waals surface area contributed by atoms with Crippen molar-refractivity contribution >= 4 is 11.6 Å². The zero-order chi connectivity index (χ0) is 6.62.